The number of carboxylic acids is 1. The van der Waals surface area contributed by atoms with Crippen LogP contribution in [0.25, 0.3) is 0 Å². The maximum atomic E-state index is 12.4. The second kappa shape index (κ2) is 7.76. The molecule has 1 N–H and O–H groups in total. The van der Waals surface area contributed by atoms with Gasteiger partial charge in [-0.2, -0.15) is 0 Å². The summed E-state index contributed by atoms with van der Waals surface area (Å²) in [4.78, 5) is 22.5. The quantitative estimate of drug-likeness (QED) is 0.776. The van der Waals surface area contributed by atoms with E-state index in [0.29, 0.717) is 24.0 Å². The van der Waals surface area contributed by atoms with E-state index in [9.17, 15) is 18.0 Å². The molecule has 0 spiro atoms. The van der Waals surface area contributed by atoms with Crippen LogP contribution in [0, 0.1) is 5.92 Å². The van der Waals surface area contributed by atoms with Crippen molar-refractivity contribution in [2.45, 2.75) is 25.5 Å². The maximum absolute atomic E-state index is 12.4. The number of piperidine rings is 1. The molecular formula is C16H21NO6S. The Morgan fingerprint density at radius 1 is 1.21 bits per heavy atom. The molecule has 0 saturated carbocycles. The summed E-state index contributed by atoms with van der Waals surface area (Å²) >= 11 is 0. The molecular weight excluding hydrogens is 334 g/mol. The van der Waals surface area contributed by atoms with Gasteiger partial charge in [-0.15, -0.1) is 0 Å². The van der Waals surface area contributed by atoms with Crippen molar-refractivity contribution in [1.29, 1.82) is 0 Å². The zero-order valence-corrected chi connectivity index (χ0v) is 14.3. The fourth-order valence-corrected chi connectivity index (χ4v) is 4.20. The number of carboxylic acid groups (broad SMARTS) is 1. The van der Waals surface area contributed by atoms with E-state index < -0.39 is 27.9 Å². The average Bonchev–Trinajstić information content (AvgIpc) is 2.55. The Kier molecular flexibility index (Phi) is 5.95. The molecule has 0 amide bonds. The van der Waals surface area contributed by atoms with Gasteiger partial charge in [-0.05, 0) is 37.5 Å². The summed E-state index contributed by atoms with van der Waals surface area (Å²) in [5.74, 6) is -1.96. The van der Waals surface area contributed by atoms with E-state index in [0.717, 1.165) is 0 Å². The van der Waals surface area contributed by atoms with Gasteiger partial charge in [0.25, 0.3) is 0 Å². The van der Waals surface area contributed by atoms with E-state index >= 15 is 0 Å². The number of carbonyl (C=O) groups excluding carboxylic acids is 1. The Labute approximate surface area is 141 Å². The largest absolute Gasteiger partial charge is 0.481 e. The van der Waals surface area contributed by atoms with Gasteiger partial charge in [0.1, 0.15) is 0 Å². The lowest BCUT2D eigenvalue weighted by molar-refractivity contribution is -0.142. The third-order valence-electron chi connectivity index (χ3n) is 4.01. The number of hydrogen-bond acceptors (Lipinski definition) is 5. The van der Waals surface area contributed by atoms with Crippen LogP contribution in [-0.4, -0.2) is 49.5 Å². The molecule has 0 aromatic heterocycles. The third-order valence-corrected chi connectivity index (χ3v) is 5.86. The van der Waals surface area contributed by atoms with Gasteiger partial charge in [-0.3, -0.25) is 4.79 Å². The van der Waals surface area contributed by atoms with Gasteiger partial charge in [0, 0.05) is 13.1 Å². The van der Waals surface area contributed by atoms with Crippen molar-refractivity contribution in [2.75, 3.05) is 19.7 Å². The molecule has 0 bridgehead atoms. The van der Waals surface area contributed by atoms with Crippen molar-refractivity contribution in [3.63, 3.8) is 0 Å². The van der Waals surface area contributed by atoms with Crippen LogP contribution < -0.4 is 0 Å². The van der Waals surface area contributed by atoms with Gasteiger partial charge in [-0.25, -0.2) is 17.5 Å². The lowest BCUT2D eigenvalue weighted by Crippen LogP contribution is -2.40. The lowest BCUT2D eigenvalue weighted by atomic mass is 9.99. The summed E-state index contributed by atoms with van der Waals surface area (Å²) in [6, 6.07) is 6.26. The van der Waals surface area contributed by atoms with Crippen molar-refractivity contribution in [2.24, 2.45) is 5.92 Å². The van der Waals surface area contributed by atoms with E-state index in [-0.39, 0.29) is 25.4 Å². The molecule has 0 atom stereocenters. The Morgan fingerprint density at radius 2 is 1.79 bits per heavy atom. The first-order chi connectivity index (χ1) is 11.3. The lowest BCUT2D eigenvalue weighted by Gasteiger charge is -2.29. The van der Waals surface area contributed by atoms with E-state index in [1.165, 1.54) is 4.31 Å². The van der Waals surface area contributed by atoms with Gasteiger partial charge in [0.2, 0.25) is 10.0 Å². The normalized spacial score (nSPS) is 16.7. The fraction of sp³-hybridized carbons (Fsp3) is 0.500. The minimum absolute atomic E-state index is 0.173. The van der Waals surface area contributed by atoms with Crippen LogP contribution in [0.5, 0.6) is 0 Å². The van der Waals surface area contributed by atoms with Crippen LogP contribution in [0.4, 0.5) is 0 Å². The second-order valence-electron chi connectivity index (χ2n) is 5.69. The molecule has 1 aliphatic heterocycles. The first kappa shape index (κ1) is 18.4. The molecule has 1 aromatic rings. The van der Waals surface area contributed by atoms with Gasteiger partial charge < -0.3 is 9.84 Å². The number of sulfonamides is 1. The van der Waals surface area contributed by atoms with E-state index in [1.807, 2.05) is 0 Å². The zero-order chi connectivity index (χ0) is 17.7. The number of benzene rings is 1. The van der Waals surface area contributed by atoms with E-state index in [2.05, 4.69) is 0 Å². The average molecular weight is 355 g/mol. The summed E-state index contributed by atoms with van der Waals surface area (Å²) in [6.07, 6.45) is 0.659. The fourth-order valence-electron chi connectivity index (χ4n) is 2.63. The zero-order valence-electron chi connectivity index (χ0n) is 13.5. The third kappa shape index (κ3) is 4.55. The van der Waals surface area contributed by atoms with Crippen molar-refractivity contribution in [3.8, 4) is 0 Å². The highest BCUT2D eigenvalue weighted by Crippen LogP contribution is 2.22. The molecule has 1 saturated heterocycles. The number of hydrogen-bond donors (Lipinski definition) is 1. The van der Waals surface area contributed by atoms with Gasteiger partial charge in [0.15, 0.2) is 0 Å². The van der Waals surface area contributed by atoms with Crippen LogP contribution in [0.3, 0.4) is 0 Å². The highest BCUT2D eigenvalue weighted by molar-refractivity contribution is 7.88. The molecule has 0 unspecified atom stereocenters. The van der Waals surface area contributed by atoms with Crippen LogP contribution in [0.2, 0.25) is 0 Å². The monoisotopic (exact) mass is 355 g/mol. The number of carbonyl (C=O) groups is 2. The predicted octanol–water partition coefficient (Wildman–Crippen LogP) is 1.49. The molecule has 2 rings (SSSR count). The minimum atomic E-state index is -3.50. The molecule has 24 heavy (non-hydrogen) atoms. The summed E-state index contributed by atoms with van der Waals surface area (Å²) < 4.78 is 31.1. The van der Waals surface area contributed by atoms with Gasteiger partial charge in [0.05, 0.1) is 23.8 Å². The van der Waals surface area contributed by atoms with Crippen LogP contribution in [0.1, 0.15) is 35.7 Å². The summed E-state index contributed by atoms with van der Waals surface area (Å²) in [6.45, 7) is 2.44. The molecule has 1 fully saturated rings. The summed E-state index contributed by atoms with van der Waals surface area (Å²) in [5.41, 5.74) is 0.948. The van der Waals surface area contributed by atoms with E-state index in [4.69, 9.17) is 9.84 Å². The molecule has 1 aromatic carbocycles. The van der Waals surface area contributed by atoms with Crippen molar-refractivity contribution < 1.29 is 27.9 Å². The number of esters is 1. The maximum Gasteiger partial charge on any atom is 0.338 e. The highest BCUT2D eigenvalue weighted by atomic mass is 32.2. The topological polar surface area (TPSA) is 101 Å². The molecule has 7 nitrogen and oxygen atoms in total. The highest BCUT2D eigenvalue weighted by Gasteiger charge is 2.30. The number of rotatable bonds is 6. The molecule has 8 heteroatoms. The number of aliphatic carboxylic acids is 1. The summed E-state index contributed by atoms with van der Waals surface area (Å²) in [5, 5.41) is 8.97. The molecule has 0 radical (unpaired) electrons. The predicted molar refractivity (Wildman–Crippen MR) is 87.0 cm³/mol. The Hall–Kier alpha value is -1.93. The Balaban J connectivity index is 1.99. The second-order valence-corrected chi connectivity index (χ2v) is 7.65. The SMILES string of the molecule is CCOC(=O)c1ccc(CS(=O)(=O)N2CCC(C(=O)O)CC2)cc1. The van der Waals surface area contributed by atoms with Crippen molar-refractivity contribution >= 4 is 22.0 Å². The molecule has 132 valence electrons. The minimum Gasteiger partial charge on any atom is -0.481 e. The van der Waals surface area contributed by atoms with Crippen LogP contribution in [-0.2, 0) is 25.3 Å². The van der Waals surface area contributed by atoms with Crippen LogP contribution in [0.15, 0.2) is 24.3 Å². The van der Waals surface area contributed by atoms with Gasteiger partial charge >= 0.3 is 11.9 Å². The Morgan fingerprint density at radius 3 is 2.29 bits per heavy atom. The van der Waals surface area contributed by atoms with Crippen LogP contribution >= 0.6 is 0 Å². The molecule has 0 aliphatic carbocycles. The first-order valence-corrected chi connectivity index (χ1v) is 9.41. The van der Waals surface area contributed by atoms with Crippen molar-refractivity contribution in [3.05, 3.63) is 35.4 Å². The smallest absolute Gasteiger partial charge is 0.338 e. The van der Waals surface area contributed by atoms with Crippen molar-refractivity contribution in [1.82, 2.24) is 4.31 Å². The standard InChI is InChI=1S/C16H21NO6S/c1-2-23-16(20)14-5-3-12(4-6-14)11-24(21,22)17-9-7-13(8-10-17)15(18)19/h3-6,13H,2,7-11H2,1H3,(H,18,19). The first-order valence-electron chi connectivity index (χ1n) is 7.80. The number of ether oxygens (including phenoxy) is 1. The van der Waals surface area contributed by atoms with E-state index in [1.54, 1.807) is 31.2 Å². The molecule has 1 aliphatic rings. The van der Waals surface area contributed by atoms with Gasteiger partial charge in [-0.1, -0.05) is 12.1 Å². The summed E-state index contributed by atoms with van der Waals surface area (Å²) in [7, 11) is -3.50. The number of nitrogens with zero attached hydrogens (tertiary/aromatic N) is 1. The Bertz CT molecular complexity index is 690. The molecule has 1 heterocycles.